The van der Waals surface area contributed by atoms with Crippen molar-refractivity contribution >= 4 is 56.9 Å². The molecule has 0 spiro atoms. The molecule has 1 aliphatic heterocycles. The molecule has 1 heterocycles. The number of carboxylic acids is 1. The number of aliphatic carboxylic acids is 1. The molecule has 0 radical (unpaired) electrons. The number of hydrogen-bond donors (Lipinski definition) is 1. The highest BCUT2D eigenvalue weighted by Crippen LogP contribution is 2.38. The Kier molecular flexibility index (Phi) is 7.46. The molecule has 2 rings (SSSR count). The van der Waals surface area contributed by atoms with Gasteiger partial charge < -0.3 is 19.3 Å². The van der Waals surface area contributed by atoms with Crippen LogP contribution in [0.25, 0.3) is 6.08 Å². The summed E-state index contributed by atoms with van der Waals surface area (Å²) in [6.07, 6.45) is 1.44. The molecule has 9 nitrogen and oxygen atoms in total. The summed E-state index contributed by atoms with van der Waals surface area (Å²) >= 11 is 3.98. The van der Waals surface area contributed by atoms with Crippen LogP contribution in [0.1, 0.15) is 12.5 Å². The van der Waals surface area contributed by atoms with Gasteiger partial charge in [0.15, 0.2) is 18.1 Å². The first kappa shape index (κ1) is 21.8. The van der Waals surface area contributed by atoms with Gasteiger partial charge in [-0.1, -0.05) is 15.9 Å². The number of benzene rings is 1. The van der Waals surface area contributed by atoms with E-state index in [1.165, 1.54) is 13.2 Å². The van der Waals surface area contributed by atoms with Gasteiger partial charge in [-0.2, -0.15) is 0 Å². The Bertz CT molecular complexity index is 854. The van der Waals surface area contributed by atoms with Crippen LogP contribution in [0.4, 0.5) is 4.79 Å². The summed E-state index contributed by atoms with van der Waals surface area (Å²) < 4.78 is 15.9. The third-order valence-electron chi connectivity index (χ3n) is 3.39. The fourth-order valence-electron chi connectivity index (χ4n) is 2.19. The number of carboxylic acid groups (broad SMARTS) is 1. The van der Waals surface area contributed by atoms with Crippen molar-refractivity contribution in [1.29, 1.82) is 0 Å². The topological polar surface area (TPSA) is 119 Å². The number of amides is 2. The molecule has 0 aromatic heterocycles. The second-order valence-electron chi connectivity index (χ2n) is 5.28. The van der Waals surface area contributed by atoms with Crippen molar-refractivity contribution in [3.05, 3.63) is 27.1 Å². The SMILES string of the molecule is CCOC(=O)COc1cc(Br)c(/C=C2/SC(=O)N(CC(=O)O)C2=O)cc1OC. The van der Waals surface area contributed by atoms with Crippen LogP contribution in [0.3, 0.4) is 0 Å². The van der Waals surface area contributed by atoms with Crippen molar-refractivity contribution in [2.45, 2.75) is 6.92 Å². The zero-order valence-corrected chi connectivity index (χ0v) is 17.3. The maximum Gasteiger partial charge on any atom is 0.344 e. The summed E-state index contributed by atoms with van der Waals surface area (Å²) in [6, 6.07) is 3.10. The third kappa shape index (κ3) is 5.26. The highest BCUT2D eigenvalue weighted by atomic mass is 79.9. The number of carbonyl (C=O) groups excluding carboxylic acids is 3. The third-order valence-corrected chi connectivity index (χ3v) is 4.98. The Morgan fingerprint density at radius 1 is 1.29 bits per heavy atom. The molecule has 0 saturated carbocycles. The average molecular weight is 474 g/mol. The minimum atomic E-state index is -1.28. The molecule has 0 atom stereocenters. The number of hydrogen-bond acceptors (Lipinski definition) is 8. The summed E-state index contributed by atoms with van der Waals surface area (Å²) in [5.41, 5.74) is 0.501. The Balaban J connectivity index is 2.26. The Morgan fingerprint density at radius 3 is 2.61 bits per heavy atom. The number of thioether (sulfide) groups is 1. The highest BCUT2D eigenvalue weighted by molar-refractivity contribution is 9.10. The smallest absolute Gasteiger partial charge is 0.344 e. The molecule has 2 amide bonds. The number of nitrogens with zero attached hydrogens (tertiary/aromatic N) is 1. The molecular formula is C17H16BrNO8S. The Morgan fingerprint density at radius 2 is 2.00 bits per heavy atom. The van der Waals surface area contributed by atoms with Crippen LogP contribution in [-0.2, 0) is 19.1 Å². The van der Waals surface area contributed by atoms with Crippen LogP contribution in [0.2, 0.25) is 0 Å². The van der Waals surface area contributed by atoms with Gasteiger partial charge in [-0.05, 0) is 42.5 Å². The monoisotopic (exact) mass is 473 g/mol. The fraction of sp³-hybridized carbons (Fsp3) is 0.294. The first-order valence-corrected chi connectivity index (χ1v) is 9.50. The summed E-state index contributed by atoms with van der Waals surface area (Å²) in [5, 5.41) is 8.15. The number of rotatable bonds is 8. The quantitative estimate of drug-likeness (QED) is 0.448. The molecule has 150 valence electrons. The van der Waals surface area contributed by atoms with Gasteiger partial charge in [-0.3, -0.25) is 19.3 Å². The van der Waals surface area contributed by atoms with Crippen molar-refractivity contribution in [2.24, 2.45) is 0 Å². The molecule has 28 heavy (non-hydrogen) atoms. The maximum atomic E-state index is 12.3. The summed E-state index contributed by atoms with van der Waals surface area (Å²) in [5.74, 6) is -1.93. The number of methoxy groups -OCH3 is 1. The molecule has 11 heteroatoms. The molecule has 1 N–H and O–H groups in total. The normalized spacial score (nSPS) is 15.1. The van der Waals surface area contributed by atoms with Crippen molar-refractivity contribution in [3.63, 3.8) is 0 Å². The van der Waals surface area contributed by atoms with Gasteiger partial charge >= 0.3 is 11.9 Å². The van der Waals surface area contributed by atoms with Gasteiger partial charge in [-0.25, -0.2) is 4.79 Å². The van der Waals surface area contributed by atoms with Crippen LogP contribution in [0.5, 0.6) is 11.5 Å². The summed E-state index contributed by atoms with van der Waals surface area (Å²) in [7, 11) is 1.41. The lowest BCUT2D eigenvalue weighted by Crippen LogP contribution is -2.33. The van der Waals surface area contributed by atoms with Gasteiger partial charge in [0, 0.05) is 4.47 Å². The first-order chi connectivity index (χ1) is 13.3. The van der Waals surface area contributed by atoms with E-state index in [9.17, 15) is 19.2 Å². The van der Waals surface area contributed by atoms with Crippen LogP contribution >= 0.6 is 27.7 Å². The second kappa shape index (κ2) is 9.60. The van der Waals surface area contributed by atoms with Crippen molar-refractivity contribution < 1.29 is 38.5 Å². The maximum absolute atomic E-state index is 12.3. The van der Waals surface area contributed by atoms with E-state index in [2.05, 4.69) is 15.9 Å². The Hall–Kier alpha value is -2.53. The van der Waals surface area contributed by atoms with Crippen LogP contribution < -0.4 is 9.47 Å². The van der Waals surface area contributed by atoms with Crippen molar-refractivity contribution in [3.8, 4) is 11.5 Å². The lowest BCUT2D eigenvalue weighted by Gasteiger charge is -2.12. The molecule has 0 bridgehead atoms. The van der Waals surface area contributed by atoms with E-state index in [0.29, 0.717) is 32.4 Å². The molecule has 1 aromatic rings. The minimum Gasteiger partial charge on any atom is -0.493 e. The van der Waals surface area contributed by atoms with E-state index >= 15 is 0 Å². The zero-order valence-electron chi connectivity index (χ0n) is 14.9. The number of imide groups is 1. The highest BCUT2D eigenvalue weighted by Gasteiger charge is 2.36. The number of halogens is 1. The van der Waals surface area contributed by atoms with Gasteiger partial charge in [0.1, 0.15) is 6.54 Å². The predicted octanol–water partition coefficient (Wildman–Crippen LogP) is 2.52. The molecule has 1 saturated heterocycles. The lowest BCUT2D eigenvalue weighted by atomic mass is 10.2. The number of esters is 1. The standard InChI is InChI=1S/C17H16BrNO8S/c1-3-26-15(22)8-27-12-6-10(18)9(4-11(12)25-2)5-13-16(23)19(7-14(20)21)17(24)28-13/h4-6H,3,7-8H2,1-2H3,(H,20,21)/b13-5+. The lowest BCUT2D eigenvalue weighted by molar-refractivity contribution is -0.145. The van der Waals surface area contributed by atoms with Crippen LogP contribution in [0, 0.1) is 0 Å². The van der Waals surface area contributed by atoms with Gasteiger partial charge in [0.25, 0.3) is 11.1 Å². The number of carbonyl (C=O) groups is 4. The van der Waals surface area contributed by atoms with Crippen LogP contribution in [0.15, 0.2) is 21.5 Å². The zero-order chi connectivity index (χ0) is 20.8. The van der Waals surface area contributed by atoms with E-state index in [-0.39, 0.29) is 23.9 Å². The molecular weight excluding hydrogens is 458 g/mol. The van der Waals surface area contributed by atoms with Crippen molar-refractivity contribution in [2.75, 3.05) is 26.9 Å². The largest absolute Gasteiger partial charge is 0.493 e. The fourth-order valence-corrected chi connectivity index (χ4v) is 3.45. The first-order valence-electron chi connectivity index (χ1n) is 7.90. The summed E-state index contributed by atoms with van der Waals surface area (Å²) in [4.78, 5) is 47.1. The van der Waals surface area contributed by atoms with Gasteiger partial charge in [-0.15, -0.1) is 0 Å². The number of ether oxygens (including phenoxy) is 3. The van der Waals surface area contributed by atoms with Crippen molar-refractivity contribution in [1.82, 2.24) is 4.90 Å². The van der Waals surface area contributed by atoms with E-state index in [4.69, 9.17) is 19.3 Å². The summed E-state index contributed by atoms with van der Waals surface area (Å²) in [6.45, 7) is 0.915. The Labute approximate surface area is 172 Å². The molecule has 1 aliphatic rings. The van der Waals surface area contributed by atoms with Gasteiger partial charge in [0.05, 0.1) is 18.6 Å². The second-order valence-corrected chi connectivity index (χ2v) is 7.13. The van der Waals surface area contributed by atoms with Gasteiger partial charge in [0.2, 0.25) is 0 Å². The molecule has 0 aliphatic carbocycles. The molecule has 1 fully saturated rings. The molecule has 1 aromatic carbocycles. The minimum absolute atomic E-state index is 0.0780. The average Bonchev–Trinajstić information content (AvgIpc) is 2.89. The molecule has 0 unspecified atom stereocenters. The van der Waals surface area contributed by atoms with E-state index < -0.39 is 29.6 Å². The predicted molar refractivity (Wildman–Crippen MR) is 103 cm³/mol. The van der Waals surface area contributed by atoms with E-state index in [1.807, 2.05) is 0 Å². The van der Waals surface area contributed by atoms with E-state index in [0.717, 1.165) is 0 Å². The van der Waals surface area contributed by atoms with Crippen LogP contribution in [-0.4, -0.2) is 60.0 Å². The van der Waals surface area contributed by atoms with E-state index in [1.54, 1.807) is 19.1 Å².